The van der Waals surface area contributed by atoms with E-state index >= 15 is 0 Å². The first kappa shape index (κ1) is 35.0. The summed E-state index contributed by atoms with van der Waals surface area (Å²) in [6, 6.07) is 81.9. The van der Waals surface area contributed by atoms with Crippen molar-refractivity contribution in [2.24, 2.45) is 0 Å². The first-order valence-corrected chi connectivity index (χ1v) is 21.0. The molecule has 11 aromatic rings. The summed E-state index contributed by atoms with van der Waals surface area (Å²) in [6.07, 6.45) is 1.82. The Kier molecular flexibility index (Phi) is 8.11. The minimum absolute atomic E-state index is 0.424. The molecule has 1 aliphatic carbocycles. The molecule has 0 atom stereocenters. The Labute approximate surface area is 355 Å². The molecule has 0 N–H and O–H groups in total. The monoisotopic (exact) mass is 774 g/mol. The lowest BCUT2D eigenvalue weighted by Crippen LogP contribution is -2.28. The van der Waals surface area contributed by atoms with Crippen molar-refractivity contribution >= 4 is 32.4 Å². The maximum Gasteiger partial charge on any atom is 0.0900 e. The number of pyridine rings is 2. The zero-order valence-electron chi connectivity index (χ0n) is 33.3. The van der Waals surface area contributed by atoms with E-state index in [0.717, 1.165) is 33.4 Å². The molecule has 61 heavy (non-hydrogen) atoms. The van der Waals surface area contributed by atoms with Gasteiger partial charge in [-0.25, -0.2) is 4.98 Å². The molecule has 9 aromatic carbocycles. The Morgan fingerprint density at radius 1 is 0.311 bits per heavy atom. The highest BCUT2D eigenvalue weighted by molar-refractivity contribution is 6.09. The van der Waals surface area contributed by atoms with Gasteiger partial charge in [-0.15, -0.1) is 0 Å². The quantitative estimate of drug-likeness (QED) is 0.157. The van der Waals surface area contributed by atoms with Crippen LogP contribution in [0.1, 0.15) is 22.3 Å². The highest BCUT2D eigenvalue weighted by Gasteiger charge is 2.46. The van der Waals surface area contributed by atoms with Gasteiger partial charge in [-0.3, -0.25) is 4.98 Å². The zero-order valence-corrected chi connectivity index (χ0v) is 33.3. The van der Waals surface area contributed by atoms with Gasteiger partial charge in [-0.2, -0.15) is 0 Å². The van der Waals surface area contributed by atoms with Crippen molar-refractivity contribution in [1.82, 2.24) is 9.97 Å². The Morgan fingerprint density at radius 3 is 1.57 bits per heavy atom. The van der Waals surface area contributed by atoms with Crippen LogP contribution >= 0.6 is 0 Å². The van der Waals surface area contributed by atoms with Gasteiger partial charge >= 0.3 is 0 Å². The average molecular weight is 775 g/mol. The van der Waals surface area contributed by atoms with Gasteiger partial charge < -0.3 is 0 Å². The molecule has 0 aliphatic heterocycles. The van der Waals surface area contributed by atoms with E-state index in [4.69, 9.17) is 4.98 Å². The SMILES string of the molecule is c1ccc(C2(c3ccccc3)c3ccccc3-c3ccc(-c4ccc5c(ccc6cc(-c7ccc(-c8cc(-c9ccccn9)nc9ccccc89)cc7)ccc65)c4)cc32)cc1. The van der Waals surface area contributed by atoms with Gasteiger partial charge in [0.2, 0.25) is 0 Å². The second-order valence-electron chi connectivity index (χ2n) is 16.1. The standard InChI is InChI=1S/C59H38N2/c1-3-13-46(14-4-1)59(47-15-5-2-6-16-47)54-19-9-7-17-50(54)51-33-30-43(37-55(51)59)42-29-32-49-45(36-42)27-26-44-35-41(28-31-48(44)49)39-22-24-40(25-23-39)53-38-58(57-21-11-12-34-60-57)61-56-20-10-8-18-52(53)56/h1-38H. The number of benzene rings is 9. The molecule has 2 aromatic heterocycles. The lowest BCUT2D eigenvalue weighted by Gasteiger charge is -2.34. The van der Waals surface area contributed by atoms with Crippen LogP contribution in [0.2, 0.25) is 0 Å². The van der Waals surface area contributed by atoms with Crippen molar-refractivity contribution in [3.05, 3.63) is 253 Å². The van der Waals surface area contributed by atoms with Crippen LogP contribution in [0.5, 0.6) is 0 Å². The van der Waals surface area contributed by atoms with Crippen LogP contribution in [-0.2, 0) is 5.41 Å². The number of para-hydroxylation sites is 1. The number of rotatable bonds is 6. The van der Waals surface area contributed by atoms with Gasteiger partial charge in [0.15, 0.2) is 0 Å². The summed E-state index contributed by atoms with van der Waals surface area (Å²) in [6.45, 7) is 0. The van der Waals surface area contributed by atoms with Gasteiger partial charge in [0, 0.05) is 11.6 Å². The van der Waals surface area contributed by atoms with Crippen LogP contribution in [0.25, 0.3) is 88.3 Å². The fourth-order valence-corrected chi connectivity index (χ4v) is 9.96. The average Bonchev–Trinajstić information content (AvgIpc) is 3.64. The summed E-state index contributed by atoms with van der Waals surface area (Å²) in [4.78, 5) is 9.54. The van der Waals surface area contributed by atoms with Crippen molar-refractivity contribution in [3.8, 4) is 55.9 Å². The van der Waals surface area contributed by atoms with Crippen LogP contribution in [0.15, 0.2) is 231 Å². The maximum atomic E-state index is 4.95. The number of nitrogens with zero attached hydrogens (tertiary/aromatic N) is 2. The van der Waals surface area contributed by atoms with Crippen LogP contribution in [0, 0.1) is 0 Å². The molecule has 2 heterocycles. The summed E-state index contributed by atoms with van der Waals surface area (Å²) in [5.74, 6) is 0. The highest BCUT2D eigenvalue weighted by Crippen LogP contribution is 2.56. The van der Waals surface area contributed by atoms with Crippen LogP contribution in [0.4, 0.5) is 0 Å². The third-order valence-corrected chi connectivity index (χ3v) is 12.8. The Bertz CT molecular complexity index is 3410. The molecule has 0 bridgehead atoms. The Morgan fingerprint density at radius 2 is 0.869 bits per heavy atom. The minimum atomic E-state index is -0.424. The van der Waals surface area contributed by atoms with Crippen molar-refractivity contribution in [2.45, 2.75) is 5.41 Å². The molecule has 284 valence electrons. The van der Waals surface area contributed by atoms with E-state index in [0.29, 0.717) is 0 Å². The highest BCUT2D eigenvalue weighted by atomic mass is 14.8. The summed E-state index contributed by atoms with van der Waals surface area (Å²) in [5.41, 5.74) is 17.2. The fourth-order valence-electron chi connectivity index (χ4n) is 9.96. The number of aromatic nitrogens is 2. The van der Waals surface area contributed by atoms with Gasteiger partial charge in [-0.1, -0.05) is 182 Å². The minimum Gasteiger partial charge on any atom is -0.255 e. The van der Waals surface area contributed by atoms with E-state index < -0.39 is 5.41 Å². The molecule has 1 aliphatic rings. The van der Waals surface area contributed by atoms with E-state index in [1.165, 1.54) is 77.2 Å². The predicted molar refractivity (Wildman–Crippen MR) is 254 cm³/mol. The normalized spacial score (nSPS) is 12.7. The predicted octanol–water partition coefficient (Wildman–Crippen LogP) is 15.0. The zero-order chi connectivity index (χ0) is 40.3. The third-order valence-electron chi connectivity index (χ3n) is 12.8. The number of hydrogen-bond acceptors (Lipinski definition) is 2. The topological polar surface area (TPSA) is 25.8 Å². The molecule has 0 saturated heterocycles. The first-order chi connectivity index (χ1) is 30.2. The molecule has 12 rings (SSSR count). The molecule has 0 radical (unpaired) electrons. The molecule has 0 amide bonds. The molecule has 2 heteroatoms. The van der Waals surface area contributed by atoms with Crippen molar-refractivity contribution in [3.63, 3.8) is 0 Å². The van der Waals surface area contributed by atoms with Gasteiger partial charge in [-0.05, 0) is 131 Å². The van der Waals surface area contributed by atoms with Crippen LogP contribution in [0.3, 0.4) is 0 Å². The maximum absolute atomic E-state index is 4.95. The van der Waals surface area contributed by atoms with Crippen molar-refractivity contribution < 1.29 is 0 Å². The molecule has 2 nitrogen and oxygen atoms in total. The molecular weight excluding hydrogens is 737 g/mol. The lowest BCUT2D eigenvalue weighted by molar-refractivity contribution is 0.769. The molecule has 0 unspecified atom stereocenters. The summed E-state index contributed by atoms with van der Waals surface area (Å²) < 4.78 is 0. The number of hydrogen-bond donors (Lipinski definition) is 0. The van der Waals surface area contributed by atoms with Crippen molar-refractivity contribution in [2.75, 3.05) is 0 Å². The van der Waals surface area contributed by atoms with E-state index in [1.54, 1.807) is 0 Å². The summed E-state index contributed by atoms with van der Waals surface area (Å²) in [7, 11) is 0. The smallest absolute Gasteiger partial charge is 0.0900 e. The third kappa shape index (κ3) is 5.64. The molecular formula is C59H38N2. The summed E-state index contributed by atoms with van der Waals surface area (Å²) in [5, 5.41) is 6.11. The second kappa shape index (κ2) is 14.1. The largest absolute Gasteiger partial charge is 0.255 e. The molecule has 0 spiro atoms. The Hall–Kier alpha value is -7.94. The fraction of sp³-hybridized carbons (Fsp3) is 0.0169. The van der Waals surface area contributed by atoms with Crippen molar-refractivity contribution in [1.29, 1.82) is 0 Å². The van der Waals surface area contributed by atoms with Gasteiger partial charge in [0.05, 0.1) is 22.3 Å². The van der Waals surface area contributed by atoms with E-state index in [-0.39, 0.29) is 0 Å². The van der Waals surface area contributed by atoms with Gasteiger partial charge in [0.25, 0.3) is 0 Å². The molecule has 0 fully saturated rings. The Balaban J connectivity index is 0.903. The first-order valence-electron chi connectivity index (χ1n) is 21.0. The van der Waals surface area contributed by atoms with Gasteiger partial charge in [0.1, 0.15) is 0 Å². The van der Waals surface area contributed by atoms with E-state index in [1.807, 2.05) is 30.5 Å². The van der Waals surface area contributed by atoms with E-state index in [2.05, 4.69) is 205 Å². The van der Waals surface area contributed by atoms with Crippen LogP contribution in [-0.4, -0.2) is 9.97 Å². The summed E-state index contributed by atoms with van der Waals surface area (Å²) >= 11 is 0. The molecule has 0 saturated carbocycles. The van der Waals surface area contributed by atoms with Crippen LogP contribution < -0.4 is 0 Å². The number of fused-ring (bicyclic) bond motifs is 7. The lowest BCUT2D eigenvalue weighted by atomic mass is 9.67. The van der Waals surface area contributed by atoms with E-state index in [9.17, 15) is 0 Å². The second-order valence-corrected chi connectivity index (χ2v) is 16.1.